The summed E-state index contributed by atoms with van der Waals surface area (Å²) in [4.78, 5) is 15.0. The summed E-state index contributed by atoms with van der Waals surface area (Å²) in [5.41, 5.74) is 3.33. The van der Waals surface area contributed by atoms with Gasteiger partial charge < -0.3 is 4.90 Å². The standard InChI is InChI=1S/C12H16ClN3OS/c1-15-4-6-16(7-5-15)14-12(17)10-8-9(18)2-3-11(10)13/h2-3,8,18H,4-7H2,1H3,(H,14,17). The monoisotopic (exact) mass is 285 g/mol. The number of halogens is 1. The Hall–Kier alpha value is -0.750. The number of rotatable bonds is 2. The van der Waals surface area contributed by atoms with E-state index in [2.05, 4.69) is 30.0 Å². The Morgan fingerprint density at radius 2 is 2.00 bits per heavy atom. The van der Waals surface area contributed by atoms with Gasteiger partial charge in [-0.3, -0.25) is 10.2 Å². The van der Waals surface area contributed by atoms with Gasteiger partial charge in [0.05, 0.1) is 10.6 Å². The summed E-state index contributed by atoms with van der Waals surface area (Å²) < 4.78 is 0. The van der Waals surface area contributed by atoms with E-state index in [0.29, 0.717) is 10.6 Å². The molecule has 1 amide bonds. The van der Waals surface area contributed by atoms with Crippen molar-refractivity contribution in [1.29, 1.82) is 0 Å². The van der Waals surface area contributed by atoms with Gasteiger partial charge in [0.1, 0.15) is 0 Å². The molecule has 6 heteroatoms. The minimum atomic E-state index is -0.180. The first-order valence-electron chi connectivity index (χ1n) is 5.79. The summed E-state index contributed by atoms with van der Waals surface area (Å²) in [5.74, 6) is -0.180. The van der Waals surface area contributed by atoms with E-state index in [1.165, 1.54) is 0 Å². The number of carbonyl (C=O) groups excluding carboxylic acids is 1. The molecule has 1 aromatic carbocycles. The number of benzene rings is 1. The molecule has 18 heavy (non-hydrogen) atoms. The lowest BCUT2D eigenvalue weighted by Crippen LogP contribution is -2.52. The molecule has 0 aliphatic carbocycles. The first-order valence-corrected chi connectivity index (χ1v) is 6.62. The molecule has 1 aromatic rings. The first-order chi connectivity index (χ1) is 8.56. The third-order valence-corrected chi connectivity index (χ3v) is 3.57. The van der Waals surface area contributed by atoms with E-state index >= 15 is 0 Å². The van der Waals surface area contributed by atoms with Crippen LogP contribution in [-0.4, -0.2) is 49.0 Å². The van der Waals surface area contributed by atoms with E-state index in [9.17, 15) is 4.79 Å². The molecule has 0 spiro atoms. The van der Waals surface area contributed by atoms with Gasteiger partial charge in [0.2, 0.25) is 0 Å². The minimum Gasteiger partial charge on any atom is -0.304 e. The molecule has 0 aromatic heterocycles. The fourth-order valence-corrected chi connectivity index (χ4v) is 2.22. The maximum absolute atomic E-state index is 12.1. The van der Waals surface area contributed by atoms with E-state index in [-0.39, 0.29) is 5.91 Å². The molecule has 4 nitrogen and oxygen atoms in total. The number of nitrogens with one attached hydrogen (secondary N) is 1. The number of hydrogen-bond donors (Lipinski definition) is 2. The van der Waals surface area contributed by atoms with Crippen LogP contribution in [-0.2, 0) is 0 Å². The molecule has 1 N–H and O–H groups in total. The van der Waals surface area contributed by atoms with Crippen molar-refractivity contribution in [2.45, 2.75) is 4.90 Å². The van der Waals surface area contributed by atoms with Crippen molar-refractivity contribution in [2.75, 3.05) is 33.2 Å². The van der Waals surface area contributed by atoms with E-state index in [0.717, 1.165) is 31.1 Å². The molecular weight excluding hydrogens is 270 g/mol. The predicted molar refractivity (Wildman–Crippen MR) is 75.2 cm³/mol. The number of likely N-dealkylation sites (N-methyl/N-ethyl adjacent to an activating group) is 1. The van der Waals surface area contributed by atoms with Crippen molar-refractivity contribution >= 4 is 30.1 Å². The van der Waals surface area contributed by atoms with E-state index in [4.69, 9.17) is 11.6 Å². The molecule has 1 aliphatic rings. The second-order valence-electron chi connectivity index (χ2n) is 4.40. The van der Waals surface area contributed by atoms with Crippen LogP contribution in [0.4, 0.5) is 0 Å². The second kappa shape index (κ2) is 5.93. The molecule has 98 valence electrons. The van der Waals surface area contributed by atoms with Gasteiger partial charge in [-0.15, -0.1) is 12.6 Å². The van der Waals surface area contributed by atoms with Gasteiger partial charge in [0.15, 0.2) is 0 Å². The van der Waals surface area contributed by atoms with Gasteiger partial charge in [0.25, 0.3) is 5.91 Å². The highest BCUT2D eigenvalue weighted by molar-refractivity contribution is 7.80. The van der Waals surface area contributed by atoms with Gasteiger partial charge >= 0.3 is 0 Å². The van der Waals surface area contributed by atoms with Gasteiger partial charge in [-0.2, -0.15) is 0 Å². The highest BCUT2D eigenvalue weighted by Gasteiger charge is 2.18. The Kier molecular flexibility index (Phi) is 4.50. The Bertz CT molecular complexity index is 447. The Morgan fingerprint density at radius 3 is 2.67 bits per heavy atom. The zero-order valence-corrected chi connectivity index (χ0v) is 11.8. The number of hydrazine groups is 1. The van der Waals surface area contributed by atoms with Gasteiger partial charge in [-0.25, -0.2) is 5.01 Å². The van der Waals surface area contributed by atoms with Crippen LogP contribution in [0.5, 0.6) is 0 Å². The van der Waals surface area contributed by atoms with E-state index in [1.54, 1.807) is 18.2 Å². The molecule has 0 bridgehead atoms. The van der Waals surface area contributed by atoms with Gasteiger partial charge in [-0.05, 0) is 25.2 Å². The molecular formula is C12H16ClN3OS. The molecule has 1 fully saturated rings. The fraction of sp³-hybridized carbons (Fsp3) is 0.417. The maximum atomic E-state index is 12.1. The summed E-state index contributed by atoms with van der Waals surface area (Å²) >= 11 is 10.2. The number of thiol groups is 1. The molecule has 0 saturated carbocycles. The van der Waals surface area contributed by atoms with Crippen LogP contribution >= 0.6 is 24.2 Å². The zero-order valence-electron chi connectivity index (χ0n) is 10.2. The largest absolute Gasteiger partial charge is 0.304 e. The number of amides is 1. The van der Waals surface area contributed by atoms with Crippen LogP contribution in [0.2, 0.25) is 5.02 Å². The third kappa shape index (κ3) is 3.38. The Balaban J connectivity index is 2.01. The van der Waals surface area contributed by atoms with Crippen LogP contribution in [0, 0.1) is 0 Å². The van der Waals surface area contributed by atoms with Crippen LogP contribution in [0.25, 0.3) is 0 Å². The molecule has 1 heterocycles. The third-order valence-electron chi connectivity index (χ3n) is 2.96. The van der Waals surface area contributed by atoms with Crippen LogP contribution in [0.3, 0.4) is 0 Å². The van der Waals surface area contributed by atoms with Crippen molar-refractivity contribution < 1.29 is 4.79 Å². The molecule has 0 unspecified atom stereocenters. The molecule has 2 rings (SSSR count). The lowest BCUT2D eigenvalue weighted by Gasteiger charge is -2.32. The number of carbonyl (C=O) groups is 1. The summed E-state index contributed by atoms with van der Waals surface area (Å²) in [6, 6.07) is 5.12. The van der Waals surface area contributed by atoms with Crippen molar-refractivity contribution in [3.05, 3.63) is 28.8 Å². The van der Waals surface area contributed by atoms with Crippen LogP contribution < -0.4 is 5.43 Å². The summed E-state index contributed by atoms with van der Waals surface area (Å²) in [6.07, 6.45) is 0. The highest BCUT2D eigenvalue weighted by atomic mass is 35.5. The lowest BCUT2D eigenvalue weighted by molar-refractivity contribution is 0.0662. The molecule has 1 aliphatic heterocycles. The van der Waals surface area contributed by atoms with Gasteiger partial charge in [0, 0.05) is 31.1 Å². The second-order valence-corrected chi connectivity index (χ2v) is 5.32. The fourth-order valence-electron chi connectivity index (χ4n) is 1.81. The highest BCUT2D eigenvalue weighted by Crippen LogP contribution is 2.19. The number of nitrogens with zero attached hydrogens (tertiary/aromatic N) is 2. The Labute approximate surface area is 117 Å². The molecule has 0 radical (unpaired) electrons. The van der Waals surface area contributed by atoms with Crippen molar-refractivity contribution in [3.63, 3.8) is 0 Å². The average Bonchev–Trinajstić information content (AvgIpc) is 2.35. The van der Waals surface area contributed by atoms with Crippen molar-refractivity contribution in [2.24, 2.45) is 0 Å². The molecule has 0 atom stereocenters. The Morgan fingerprint density at radius 1 is 1.33 bits per heavy atom. The van der Waals surface area contributed by atoms with Crippen LogP contribution in [0.1, 0.15) is 10.4 Å². The predicted octanol–water partition coefficient (Wildman–Crippen LogP) is 1.52. The summed E-state index contributed by atoms with van der Waals surface area (Å²) in [7, 11) is 2.07. The van der Waals surface area contributed by atoms with E-state index < -0.39 is 0 Å². The van der Waals surface area contributed by atoms with Gasteiger partial charge in [-0.1, -0.05) is 11.6 Å². The van der Waals surface area contributed by atoms with Crippen molar-refractivity contribution in [3.8, 4) is 0 Å². The van der Waals surface area contributed by atoms with E-state index in [1.807, 2.05) is 5.01 Å². The lowest BCUT2D eigenvalue weighted by atomic mass is 10.2. The SMILES string of the molecule is CN1CCN(NC(=O)c2cc(S)ccc2Cl)CC1. The van der Waals surface area contributed by atoms with Crippen LogP contribution in [0.15, 0.2) is 23.1 Å². The zero-order chi connectivity index (χ0) is 13.1. The summed E-state index contributed by atoms with van der Waals surface area (Å²) in [6.45, 7) is 3.53. The number of hydrogen-bond acceptors (Lipinski definition) is 4. The normalized spacial score (nSPS) is 17.7. The first kappa shape index (κ1) is 13.7. The topological polar surface area (TPSA) is 35.6 Å². The maximum Gasteiger partial charge on any atom is 0.267 e. The minimum absolute atomic E-state index is 0.180. The average molecular weight is 286 g/mol. The number of piperazine rings is 1. The smallest absolute Gasteiger partial charge is 0.267 e. The summed E-state index contributed by atoms with van der Waals surface area (Å²) in [5, 5.41) is 2.36. The quantitative estimate of drug-likeness (QED) is 0.809. The molecule has 1 saturated heterocycles. The van der Waals surface area contributed by atoms with Crippen molar-refractivity contribution in [1.82, 2.24) is 15.3 Å².